The number of benzene rings is 2. The number of nitrogens with zero attached hydrogens (tertiary/aromatic N) is 4. The number of carbonyl (C=O) groups is 2. The summed E-state index contributed by atoms with van der Waals surface area (Å²) in [4.78, 5) is 30.5. The molecule has 2 amide bonds. The topological polar surface area (TPSA) is 67.7 Å². The van der Waals surface area contributed by atoms with Gasteiger partial charge in [-0.05, 0) is 48.9 Å². The number of aryl methyl sites for hydroxylation is 1. The van der Waals surface area contributed by atoms with Gasteiger partial charge in [0.05, 0.1) is 11.6 Å². The summed E-state index contributed by atoms with van der Waals surface area (Å²) in [5, 5.41) is 8.92. The molecule has 0 aromatic heterocycles. The average molecular weight is 390 g/mol. The van der Waals surface area contributed by atoms with Crippen LogP contribution in [0.1, 0.15) is 24.5 Å². The number of hydrogen-bond donors (Lipinski definition) is 0. The van der Waals surface area contributed by atoms with E-state index >= 15 is 0 Å². The summed E-state index contributed by atoms with van der Waals surface area (Å²) in [5.41, 5.74) is 3.67. The maximum absolute atomic E-state index is 12.7. The maximum Gasteiger partial charge on any atom is 0.224 e. The number of carbonyl (C=O) groups excluding carboxylic acids is 2. The summed E-state index contributed by atoms with van der Waals surface area (Å²) in [7, 11) is 0. The van der Waals surface area contributed by atoms with E-state index in [0.29, 0.717) is 30.9 Å². The molecule has 1 fully saturated rings. The molecule has 2 aromatic rings. The fourth-order valence-corrected chi connectivity index (χ4v) is 3.59. The van der Waals surface area contributed by atoms with Crippen LogP contribution in [0.25, 0.3) is 0 Å². The molecule has 1 saturated heterocycles. The van der Waals surface area contributed by atoms with E-state index in [9.17, 15) is 9.59 Å². The summed E-state index contributed by atoms with van der Waals surface area (Å²) < 4.78 is 0. The Morgan fingerprint density at radius 2 is 1.76 bits per heavy atom. The first-order valence-corrected chi connectivity index (χ1v) is 9.85. The molecule has 0 atom stereocenters. The van der Waals surface area contributed by atoms with Crippen LogP contribution in [0.3, 0.4) is 0 Å². The minimum Gasteiger partial charge on any atom is -0.368 e. The maximum atomic E-state index is 12.7. The lowest BCUT2D eigenvalue weighted by atomic mass is 10.2. The van der Waals surface area contributed by atoms with E-state index in [0.717, 1.165) is 13.1 Å². The Labute approximate surface area is 171 Å². The molecule has 2 aromatic carbocycles. The van der Waals surface area contributed by atoms with Crippen molar-refractivity contribution in [2.75, 3.05) is 42.5 Å². The van der Waals surface area contributed by atoms with Crippen molar-refractivity contribution in [1.29, 1.82) is 5.26 Å². The van der Waals surface area contributed by atoms with E-state index in [1.807, 2.05) is 4.90 Å². The molecule has 0 N–H and O–H groups in total. The van der Waals surface area contributed by atoms with Gasteiger partial charge in [-0.3, -0.25) is 9.59 Å². The zero-order valence-corrected chi connectivity index (χ0v) is 17.0. The molecule has 0 aliphatic carbocycles. The second-order valence-electron chi connectivity index (χ2n) is 7.29. The van der Waals surface area contributed by atoms with Crippen LogP contribution in [-0.2, 0) is 9.59 Å². The highest BCUT2D eigenvalue weighted by atomic mass is 16.2. The molecule has 0 saturated carbocycles. The Bertz CT molecular complexity index is 909. The van der Waals surface area contributed by atoms with Crippen molar-refractivity contribution in [2.45, 2.75) is 20.3 Å². The Morgan fingerprint density at radius 3 is 2.34 bits per heavy atom. The molecule has 6 nitrogen and oxygen atoms in total. The van der Waals surface area contributed by atoms with Crippen LogP contribution in [0.15, 0.2) is 48.5 Å². The molecule has 1 aliphatic rings. The van der Waals surface area contributed by atoms with Crippen LogP contribution in [0.2, 0.25) is 0 Å². The minimum atomic E-state index is -0.119. The predicted octanol–water partition coefficient (Wildman–Crippen LogP) is 2.96. The SMILES string of the molecule is CC(=O)N(CCC(=O)N1CCN(c2cccc(C)c2)CC1)c1ccc(C#N)cc1. The van der Waals surface area contributed by atoms with Gasteiger partial charge in [0.1, 0.15) is 0 Å². The summed E-state index contributed by atoms with van der Waals surface area (Å²) in [5.74, 6) is -0.0550. The van der Waals surface area contributed by atoms with Crippen molar-refractivity contribution >= 4 is 23.2 Å². The van der Waals surface area contributed by atoms with Crippen LogP contribution in [0, 0.1) is 18.3 Å². The summed E-state index contributed by atoms with van der Waals surface area (Å²) in [6.45, 7) is 6.88. The Balaban J connectivity index is 1.54. The Kier molecular flexibility index (Phi) is 6.50. The van der Waals surface area contributed by atoms with E-state index in [1.165, 1.54) is 18.2 Å². The van der Waals surface area contributed by atoms with Gasteiger partial charge in [0.25, 0.3) is 0 Å². The molecule has 1 heterocycles. The van der Waals surface area contributed by atoms with E-state index < -0.39 is 0 Å². The largest absolute Gasteiger partial charge is 0.368 e. The quantitative estimate of drug-likeness (QED) is 0.787. The van der Waals surface area contributed by atoms with Gasteiger partial charge >= 0.3 is 0 Å². The molecule has 1 aliphatic heterocycles. The summed E-state index contributed by atoms with van der Waals surface area (Å²) >= 11 is 0. The van der Waals surface area contributed by atoms with Crippen LogP contribution in [0.5, 0.6) is 0 Å². The fraction of sp³-hybridized carbons (Fsp3) is 0.348. The molecule has 0 unspecified atom stereocenters. The summed E-state index contributed by atoms with van der Waals surface area (Å²) in [6, 6.07) is 17.3. The van der Waals surface area contributed by atoms with Crippen LogP contribution < -0.4 is 9.80 Å². The monoisotopic (exact) mass is 390 g/mol. The lowest BCUT2D eigenvalue weighted by Crippen LogP contribution is -2.49. The highest BCUT2D eigenvalue weighted by Crippen LogP contribution is 2.19. The van der Waals surface area contributed by atoms with E-state index in [2.05, 4.69) is 42.2 Å². The first kappa shape index (κ1) is 20.4. The van der Waals surface area contributed by atoms with Gasteiger partial charge < -0.3 is 14.7 Å². The standard InChI is InChI=1S/C23H26N4O2/c1-18-4-3-5-22(16-18)25-12-14-26(15-13-25)23(29)10-11-27(19(2)28)21-8-6-20(17-24)7-9-21/h3-9,16H,10-15H2,1-2H3. The molecule has 3 rings (SSSR count). The van der Waals surface area contributed by atoms with Crippen molar-refractivity contribution < 1.29 is 9.59 Å². The third-order valence-corrected chi connectivity index (χ3v) is 5.24. The van der Waals surface area contributed by atoms with Crippen molar-refractivity contribution in [1.82, 2.24) is 4.90 Å². The zero-order chi connectivity index (χ0) is 20.8. The van der Waals surface area contributed by atoms with Gasteiger partial charge in [-0.25, -0.2) is 0 Å². The number of hydrogen-bond acceptors (Lipinski definition) is 4. The van der Waals surface area contributed by atoms with Crippen molar-refractivity contribution in [2.24, 2.45) is 0 Å². The molecule has 0 spiro atoms. The number of rotatable bonds is 5. The van der Waals surface area contributed by atoms with Gasteiger partial charge in [-0.1, -0.05) is 12.1 Å². The molecular weight excluding hydrogens is 364 g/mol. The summed E-state index contributed by atoms with van der Waals surface area (Å²) in [6.07, 6.45) is 0.282. The molecule has 150 valence electrons. The second-order valence-corrected chi connectivity index (χ2v) is 7.29. The molecule has 0 bridgehead atoms. The van der Waals surface area contributed by atoms with E-state index in [1.54, 1.807) is 29.2 Å². The Hall–Kier alpha value is -3.33. The highest BCUT2D eigenvalue weighted by Gasteiger charge is 2.22. The predicted molar refractivity (Wildman–Crippen MR) is 114 cm³/mol. The van der Waals surface area contributed by atoms with Gasteiger partial charge in [0.15, 0.2) is 0 Å². The van der Waals surface area contributed by atoms with Crippen LogP contribution in [0.4, 0.5) is 11.4 Å². The normalized spacial score (nSPS) is 13.7. The lowest BCUT2D eigenvalue weighted by molar-refractivity contribution is -0.131. The number of anilines is 2. The molecule has 0 radical (unpaired) electrons. The lowest BCUT2D eigenvalue weighted by Gasteiger charge is -2.36. The first-order chi connectivity index (χ1) is 14.0. The van der Waals surface area contributed by atoms with E-state index in [4.69, 9.17) is 5.26 Å². The van der Waals surface area contributed by atoms with E-state index in [-0.39, 0.29) is 18.2 Å². The minimum absolute atomic E-state index is 0.0637. The third kappa shape index (κ3) is 5.14. The van der Waals surface area contributed by atoms with Gasteiger partial charge in [0, 0.05) is 57.4 Å². The smallest absolute Gasteiger partial charge is 0.224 e. The van der Waals surface area contributed by atoms with Crippen molar-refractivity contribution in [3.63, 3.8) is 0 Å². The van der Waals surface area contributed by atoms with Gasteiger partial charge in [-0.2, -0.15) is 5.26 Å². The number of nitriles is 1. The van der Waals surface area contributed by atoms with Crippen LogP contribution in [-0.4, -0.2) is 49.4 Å². The molecule has 6 heteroatoms. The fourth-order valence-electron chi connectivity index (χ4n) is 3.59. The second kappa shape index (κ2) is 9.24. The molecular formula is C23H26N4O2. The van der Waals surface area contributed by atoms with Crippen molar-refractivity contribution in [3.8, 4) is 6.07 Å². The number of piperazine rings is 1. The number of amides is 2. The van der Waals surface area contributed by atoms with Crippen LogP contribution >= 0.6 is 0 Å². The average Bonchev–Trinajstić information content (AvgIpc) is 2.74. The van der Waals surface area contributed by atoms with Crippen molar-refractivity contribution in [3.05, 3.63) is 59.7 Å². The Morgan fingerprint density at radius 1 is 1.07 bits per heavy atom. The zero-order valence-electron chi connectivity index (χ0n) is 17.0. The molecule has 29 heavy (non-hydrogen) atoms. The van der Waals surface area contributed by atoms with Gasteiger partial charge in [-0.15, -0.1) is 0 Å². The first-order valence-electron chi connectivity index (χ1n) is 9.85. The third-order valence-electron chi connectivity index (χ3n) is 5.24. The highest BCUT2D eigenvalue weighted by molar-refractivity contribution is 5.92. The van der Waals surface area contributed by atoms with Gasteiger partial charge in [0.2, 0.25) is 11.8 Å².